The zero-order valence-electron chi connectivity index (χ0n) is 11.4. The van der Waals surface area contributed by atoms with Gasteiger partial charge in [0, 0.05) is 18.6 Å². The van der Waals surface area contributed by atoms with Crippen LogP contribution in [0.5, 0.6) is 0 Å². The highest BCUT2D eigenvalue weighted by molar-refractivity contribution is 5.96. The van der Waals surface area contributed by atoms with Crippen molar-refractivity contribution in [1.29, 1.82) is 0 Å². The van der Waals surface area contributed by atoms with Gasteiger partial charge in [-0.2, -0.15) is 5.10 Å². The zero-order chi connectivity index (χ0) is 14.7. The van der Waals surface area contributed by atoms with E-state index >= 15 is 0 Å². The molecule has 0 bridgehead atoms. The molecule has 2 rings (SSSR count). The van der Waals surface area contributed by atoms with Gasteiger partial charge in [-0.25, -0.2) is 4.68 Å². The van der Waals surface area contributed by atoms with Gasteiger partial charge in [-0.05, 0) is 18.6 Å². The van der Waals surface area contributed by atoms with Crippen LogP contribution in [-0.2, 0) is 6.42 Å². The number of benzene rings is 1. The highest BCUT2D eigenvalue weighted by Crippen LogP contribution is 2.19. The first-order valence-corrected chi connectivity index (χ1v) is 6.43. The topological polar surface area (TPSA) is 78.0 Å². The Bertz CT molecular complexity index is 644. The van der Waals surface area contributed by atoms with Gasteiger partial charge in [-0.15, -0.1) is 0 Å². The predicted octanol–water partition coefficient (Wildman–Crippen LogP) is 2.94. The summed E-state index contributed by atoms with van der Waals surface area (Å²) >= 11 is 0. The minimum absolute atomic E-state index is 0.0313. The lowest BCUT2D eigenvalue weighted by Crippen LogP contribution is -2.05. The number of aromatic nitrogens is 2. The highest BCUT2D eigenvalue weighted by Gasteiger charge is 2.16. The third kappa shape index (κ3) is 2.45. The minimum atomic E-state index is -0.445. The molecule has 20 heavy (non-hydrogen) atoms. The van der Waals surface area contributed by atoms with E-state index in [-0.39, 0.29) is 11.5 Å². The van der Waals surface area contributed by atoms with Crippen molar-refractivity contribution in [1.82, 2.24) is 9.78 Å². The van der Waals surface area contributed by atoms with Crippen LogP contribution in [0, 0.1) is 10.1 Å². The number of rotatable bonds is 5. The third-order valence-corrected chi connectivity index (χ3v) is 3.13. The molecule has 0 atom stereocenters. The van der Waals surface area contributed by atoms with Gasteiger partial charge in [-0.1, -0.05) is 13.8 Å². The molecule has 6 heteroatoms. The van der Waals surface area contributed by atoms with Crippen LogP contribution in [0.2, 0.25) is 0 Å². The molecule has 6 nitrogen and oxygen atoms in total. The predicted molar refractivity (Wildman–Crippen MR) is 74.2 cm³/mol. The molecule has 0 fully saturated rings. The fourth-order valence-electron chi connectivity index (χ4n) is 2.08. The Morgan fingerprint density at radius 1 is 1.30 bits per heavy atom. The molecule has 0 N–H and O–H groups in total. The summed E-state index contributed by atoms with van der Waals surface area (Å²) < 4.78 is 1.66. The molecule has 2 aromatic rings. The summed E-state index contributed by atoms with van der Waals surface area (Å²) in [6, 6.07) is 6.12. The van der Waals surface area contributed by atoms with Gasteiger partial charge >= 0.3 is 0 Å². The number of carbonyl (C=O) groups is 1. The first-order valence-electron chi connectivity index (χ1n) is 6.43. The van der Waals surface area contributed by atoms with Gasteiger partial charge in [0.1, 0.15) is 0 Å². The third-order valence-electron chi connectivity index (χ3n) is 3.13. The molecule has 0 saturated heterocycles. The van der Waals surface area contributed by atoms with Crippen molar-refractivity contribution in [3.63, 3.8) is 0 Å². The van der Waals surface area contributed by atoms with Crippen LogP contribution in [0.3, 0.4) is 0 Å². The lowest BCUT2D eigenvalue weighted by atomic mass is 10.1. The lowest BCUT2D eigenvalue weighted by molar-refractivity contribution is -0.384. The normalized spacial score (nSPS) is 10.5. The van der Waals surface area contributed by atoms with E-state index in [4.69, 9.17) is 0 Å². The van der Waals surface area contributed by atoms with E-state index in [1.165, 1.54) is 12.1 Å². The Hall–Kier alpha value is -2.50. The monoisotopic (exact) mass is 273 g/mol. The van der Waals surface area contributed by atoms with Crippen LogP contribution in [0.15, 0.2) is 30.5 Å². The van der Waals surface area contributed by atoms with E-state index < -0.39 is 4.92 Å². The maximum absolute atomic E-state index is 11.8. The van der Waals surface area contributed by atoms with Crippen molar-refractivity contribution < 1.29 is 9.72 Å². The molecule has 0 saturated carbocycles. The molecule has 104 valence electrons. The Morgan fingerprint density at radius 2 is 1.95 bits per heavy atom. The minimum Gasteiger partial charge on any atom is -0.294 e. The van der Waals surface area contributed by atoms with Gasteiger partial charge in [0.25, 0.3) is 5.69 Å². The van der Waals surface area contributed by atoms with Gasteiger partial charge < -0.3 is 0 Å². The van der Waals surface area contributed by atoms with Crippen LogP contribution in [0.4, 0.5) is 5.69 Å². The summed E-state index contributed by atoms with van der Waals surface area (Å²) in [6.45, 7) is 3.76. The number of nitrogens with zero attached hydrogens (tertiary/aromatic N) is 3. The number of nitro benzene ring substituents is 1. The average Bonchev–Trinajstić information content (AvgIpc) is 2.90. The maximum Gasteiger partial charge on any atom is 0.269 e. The van der Waals surface area contributed by atoms with Crippen molar-refractivity contribution in [3.05, 3.63) is 51.8 Å². The molecule has 0 amide bonds. The second-order valence-corrected chi connectivity index (χ2v) is 4.32. The molecule has 1 aromatic heterocycles. The molecule has 0 aliphatic carbocycles. The number of non-ortho nitro benzene ring substituents is 1. The summed E-state index contributed by atoms with van der Waals surface area (Å²) in [5.74, 6) is 0.0509. The quantitative estimate of drug-likeness (QED) is 0.476. The molecule has 1 heterocycles. The van der Waals surface area contributed by atoms with Gasteiger partial charge in [0.15, 0.2) is 5.78 Å². The van der Waals surface area contributed by atoms with Crippen LogP contribution >= 0.6 is 0 Å². The summed E-state index contributed by atoms with van der Waals surface area (Å²) in [5.41, 5.74) is 2.19. The Kier molecular flexibility index (Phi) is 3.93. The van der Waals surface area contributed by atoms with E-state index in [2.05, 4.69) is 5.10 Å². The fraction of sp³-hybridized carbons (Fsp3) is 0.286. The zero-order valence-corrected chi connectivity index (χ0v) is 11.4. The summed E-state index contributed by atoms with van der Waals surface area (Å²) in [5, 5.41) is 14.9. The van der Waals surface area contributed by atoms with Crippen LogP contribution in [-0.4, -0.2) is 20.5 Å². The Morgan fingerprint density at radius 3 is 2.45 bits per heavy atom. The van der Waals surface area contributed by atoms with Crippen molar-refractivity contribution in [2.45, 2.75) is 26.7 Å². The Labute approximate surface area is 116 Å². The molecule has 0 unspecified atom stereocenters. The number of nitro groups is 1. The number of hydrogen-bond donors (Lipinski definition) is 0. The van der Waals surface area contributed by atoms with Crippen LogP contribution in [0.1, 0.15) is 36.3 Å². The first-order chi connectivity index (χ1) is 9.58. The SMILES string of the molecule is CCC(=O)c1cnn(-c2ccc([N+](=O)[O-])cc2)c1CC. The Balaban J connectivity index is 2.45. The van der Waals surface area contributed by atoms with E-state index in [1.807, 2.05) is 13.8 Å². The van der Waals surface area contributed by atoms with E-state index in [9.17, 15) is 14.9 Å². The number of hydrogen-bond acceptors (Lipinski definition) is 4. The average molecular weight is 273 g/mol. The largest absolute Gasteiger partial charge is 0.294 e. The molecule has 1 aromatic carbocycles. The van der Waals surface area contributed by atoms with Gasteiger partial charge in [-0.3, -0.25) is 14.9 Å². The van der Waals surface area contributed by atoms with Crippen molar-refractivity contribution >= 4 is 11.5 Å². The molecular weight excluding hydrogens is 258 g/mol. The summed E-state index contributed by atoms with van der Waals surface area (Å²) in [7, 11) is 0. The van der Waals surface area contributed by atoms with Gasteiger partial charge in [0.05, 0.1) is 28.1 Å². The number of ketones is 1. The molecule has 0 aliphatic heterocycles. The molecule has 0 radical (unpaired) electrons. The number of carbonyl (C=O) groups excluding carboxylic acids is 1. The van der Waals surface area contributed by atoms with Crippen LogP contribution in [0.25, 0.3) is 5.69 Å². The lowest BCUT2D eigenvalue weighted by Gasteiger charge is -2.07. The molecule has 0 spiro atoms. The first kappa shape index (κ1) is 13.9. The van der Waals surface area contributed by atoms with Crippen molar-refractivity contribution in [3.8, 4) is 5.69 Å². The number of Topliss-reactive ketones (excluding diaryl/α,β-unsaturated/α-hetero) is 1. The smallest absolute Gasteiger partial charge is 0.269 e. The second-order valence-electron chi connectivity index (χ2n) is 4.32. The second kappa shape index (κ2) is 5.64. The van der Waals surface area contributed by atoms with E-state index in [0.717, 1.165) is 5.69 Å². The maximum atomic E-state index is 11.8. The van der Waals surface area contributed by atoms with Crippen LogP contribution < -0.4 is 0 Å². The molecule has 0 aliphatic rings. The van der Waals surface area contributed by atoms with Crippen molar-refractivity contribution in [2.75, 3.05) is 0 Å². The molecular formula is C14H15N3O3. The fourth-order valence-corrected chi connectivity index (χ4v) is 2.08. The summed E-state index contributed by atoms with van der Waals surface area (Å²) in [4.78, 5) is 22.0. The van der Waals surface area contributed by atoms with E-state index in [1.54, 1.807) is 23.0 Å². The van der Waals surface area contributed by atoms with Gasteiger partial charge in [0.2, 0.25) is 0 Å². The van der Waals surface area contributed by atoms with Crippen molar-refractivity contribution in [2.24, 2.45) is 0 Å². The standard InChI is InChI=1S/C14H15N3O3/c1-3-13-12(14(18)4-2)9-15-16(13)10-5-7-11(8-6-10)17(19)20/h5-9H,3-4H2,1-2H3. The van der Waals surface area contributed by atoms with E-state index in [0.29, 0.717) is 24.1 Å². The summed E-state index contributed by atoms with van der Waals surface area (Å²) in [6.07, 6.45) is 2.66. The highest BCUT2D eigenvalue weighted by atomic mass is 16.6.